The number of aromatic amines is 1. The van der Waals surface area contributed by atoms with E-state index in [0.29, 0.717) is 18.8 Å². The number of carbonyl (C=O) groups excluding carboxylic acids is 2. The third kappa shape index (κ3) is 5.33. The molecule has 2 N–H and O–H groups in total. The first kappa shape index (κ1) is 17.4. The number of hydrogen-bond donors (Lipinski definition) is 2. The second kappa shape index (κ2) is 8.08. The topological polar surface area (TPSA) is 105 Å². The van der Waals surface area contributed by atoms with Gasteiger partial charge in [0.05, 0.1) is 6.04 Å². The molecule has 1 aromatic rings. The molecule has 1 fully saturated rings. The van der Waals surface area contributed by atoms with Gasteiger partial charge in [-0.25, -0.2) is 9.89 Å². The van der Waals surface area contributed by atoms with Gasteiger partial charge in [-0.05, 0) is 24.7 Å². The monoisotopic (exact) mass is 323 g/mol. The fourth-order valence-electron chi connectivity index (χ4n) is 3.09. The highest BCUT2D eigenvalue weighted by Gasteiger charge is 2.27. The van der Waals surface area contributed by atoms with Crippen molar-refractivity contribution in [2.24, 2.45) is 11.8 Å². The van der Waals surface area contributed by atoms with Crippen LogP contribution in [-0.4, -0.2) is 27.9 Å². The van der Waals surface area contributed by atoms with Gasteiger partial charge in [0, 0.05) is 6.42 Å². The van der Waals surface area contributed by atoms with Crippen molar-refractivity contribution in [3.8, 4) is 0 Å². The van der Waals surface area contributed by atoms with Gasteiger partial charge in [-0.15, -0.1) is 5.10 Å². The Balaban J connectivity index is 1.92. The van der Waals surface area contributed by atoms with E-state index in [-0.39, 0.29) is 17.7 Å². The molecule has 2 rings (SSSR count). The molecule has 1 amide bonds. The van der Waals surface area contributed by atoms with Crippen LogP contribution in [0.5, 0.6) is 0 Å². The number of hydrogen-bond acceptors (Lipinski definition) is 5. The molecule has 7 heteroatoms. The minimum absolute atomic E-state index is 0.131. The largest absolute Gasteiger partial charge is 0.434 e. The van der Waals surface area contributed by atoms with Gasteiger partial charge in [0.2, 0.25) is 11.7 Å². The molecule has 1 atom stereocenters. The molecular weight excluding hydrogens is 298 g/mol. The van der Waals surface area contributed by atoms with Crippen molar-refractivity contribution >= 4 is 11.7 Å². The highest BCUT2D eigenvalue weighted by atomic mass is 16.4. The number of carbonyl (C=O) groups is 2. The molecule has 1 saturated carbocycles. The maximum atomic E-state index is 12.4. The van der Waals surface area contributed by atoms with Crippen molar-refractivity contribution in [2.45, 2.75) is 64.8 Å². The number of amides is 1. The first-order chi connectivity index (χ1) is 11.0. The van der Waals surface area contributed by atoms with Crippen molar-refractivity contribution in [3.63, 3.8) is 0 Å². The third-order valence-corrected chi connectivity index (χ3v) is 4.26. The van der Waals surface area contributed by atoms with E-state index in [1.165, 1.54) is 25.7 Å². The lowest BCUT2D eigenvalue weighted by molar-refractivity contribution is -0.121. The SMILES string of the molecule is CC(C)C[C@H](NC(=O)CCC1CCCC1)C(=O)c1n[nH]c(=O)o1. The molecule has 1 aromatic heterocycles. The van der Waals surface area contributed by atoms with Crippen LogP contribution in [0.25, 0.3) is 0 Å². The maximum absolute atomic E-state index is 12.4. The molecule has 128 valence electrons. The second-order valence-electron chi connectivity index (χ2n) is 6.72. The average molecular weight is 323 g/mol. The molecule has 0 bridgehead atoms. The van der Waals surface area contributed by atoms with Crippen LogP contribution < -0.4 is 11.1 Å². The summed E-state index contributed by atoms with van der Waals surface area (Å²) in [5, 5.41) is 8.40. The zero-order valence-corrected chi connectivity index (χ0v) is 13.8. The Morgan fingerprint density at radius 2 is 2.04 bits per heavy atom. The summed E-state index contributed by atoms with van der Waals surface area (Å²) in [6.07, 6.45) is 6.66. The lowest BCUT2D eigenvalue weighted by Crippen LogP contribution is -2.42. The van der Waals surface area contributed by atoms with Crippen molar-refractivity contribution < 1.29 is 14.0 Å². The highest BCUT2D eigenvalue weighted by molar-refractivity contribution is 5.98. The summed E-state index contributed by atoms with van der Waals surface area (Å²) in [5.74, 6) is -0.810. The van der Waals surface area contributed by atoms with E-state index in [2.05, 4.69) is 15.5 Å². The summed E-state index contributed by atoms with van der Waals surface area (Å²) in [5.41, 5.74) is 0. The molecule has 0 saturated heterocycles. The molecule has 1 aliphatic rings. The van der Waals surface area contributed by atoms with Crippen LogP contribution in [0.15, 0.2) is 9.21 Å². The molecule has 7 nitrogen and oxygen atoms in total. The highest BCUT2D eigenvalue weighted by Crippen LogP contribution is 2.28. The van der Waals surface area contributed by atoms with Crippen molar-refractivity contribution in [1.29, 1.82) is 0 Å². The van der Waals surface area contributed by atoms with E-state index >= 15 is 0 Å². The van der Waals surface area contributed by atoms with Gasteiger partial charge in [0.25, 0.3) is 5.89 Å². The Morgan fingerprint density at radius 1 is 1.35 bits per heavy atom. The molecule has 1 aliphatic carbocycles. The van der Waals surface area contributed by atoms with Gasteiger partial charge in [-0.1, -0.05) is 39.5 Å². The normalized spacial score (nSPS) is 16.7. The van der Waals surface area contributed by atoms with E-state index < -0.39 is 17.6 Å². The number of Topliss-reactive ketones (excluding diaryl/α,β-unsaturated/α-hetero) is 1. The summed E-state index contributed by atoms with van der Waals surface area (Å²) < 4.78 is 4.71. The van der Waals surface area contributed by atoms with E-state index in [4.69, 9.17) is 4.42 Å². The molecule has 0 radical (unpaired) electrons. The summed E-state index contributed by atoms with van der Waals surface area (Å²) in [7, 11) is 0. The molecule has 1 heterocycles. The summed E-state index contributed by atoms with van der Waals surface area (Å²) in [6, 6.07) is -0.711. The van der Waals surface area contributed by atoms with Crippen LogP contribution in [-0.2, 0) is 4.79 Å². The first-order valence-electron chi connectivity index (χ1n) is 8.34. The Hall–Kier alpha value is -1.92. The van der Waals surface area contributed by atoms with E-state index in [0.717, 1.165) is 6.42 Å². The van der Waals surface area contributed by atoms with Gasteiger partial charge in [0.1, 0.15) is 0 Å². The minimum Gasteiger partial charge on any atom is -0.384 e. The fraction of sp³-hybridized carbons (Fsp3) is 0.750. The molecule has 23 heavy (non-hydrogen) atoms. The van der Waals surface area contributed by atoms with Crippen LogP contribution in [0, 0.1) is 11.8 Å². The Bertz CT molecular complexity index is 584. The number of rotatable bonds is 8. The smallest absolute Gasteiger partial charge is 0.384 e. The second-order valence-corrected chi connectivity index (χ2v) is 6.72. The number of nitrogens with zero attached hydrogens (tertiary/aromatic N) is 1. The zero-order chi connectivity index (χ0) is 16.8. The van der Waals surface area contributed by atoms with Gasteiger partial charge in [0.15, 0.2) is 0 Å². The summed E-state index contributed by atoms with van der Waals surface area (Å²) >= 11 is 0. The summed E-state index contributed by atoms with van der Waals surface area (Å²) in [6.45, 7) is 3.93. The van der Waals surface area contributed by atoms with E-state index in [9.17, 15) is 14.4 Å². The van der Waals surface area contributed by atoms with Crippen LogP contribution >= 0.6 is 0 Å². The fourth-order valence-corrected chi connectivity index (χ4v) is 3.09. The van der Waals surface area contributed by atoms with Crippen LogP contribution in [0.2, 0.25) is 0 Å². The quantitative estimate of drug-likeness (QED) is 0.712. The van der Waals surface area contributed by atoms with Crippen molar-refractivity contribution in [2.75, 3.05) is 0 Å². The number of H-pyrrole nitrogens is 1. The lowest BCUT2D eigenvalue weighted by Gasteiger charge is -2.18. The summed E-state index contributed by atoms with van der Waals surface area (Å²) in [4.78, 5) is 35.5. The average Bonchev–Trinajstić information content (AvgIpc) is 3.14. The van der Waals surface area contributed by atoms with E-state index in [1.807, 2.05) is 13.8 Å². The molecule has 0 spiro atoms. The molecular formula is C16H25N3O4. The predicted octanol–water partition coefficient (Wildman–Crippen LogP) is 2.05. The molecule has 0 unspecified atom stereocenters. The maximum Gasteiger partial charge on any atom is 0.434 e. The Morgan fingerprint density at radius 3 is 2.61 bits per heavy atom. The van der Waals surface area contributed by atoms with Gasteiger partial charge >= 0.3 is 5.76 Å². The van der Waals surface area contributed by atoms with Gasteiger partial charge in [-0.3, -0.25) is 9.59 Å². The van der Waals surface area contributed by atoms with Crippen molar-refractivity contribution in [1.82, 2.24) is 15.5 Å². The number of aromatic nitrogens is 2. The van der Waals surface area contributed by atoms with Gasteiger partial charge < -0.3 is 9.73 Å². The standard InChI is InChI=1S/C16H25N3O4/c1-10(2)9-12(14(21)15-18-19-16(22)23-15)17-13(20)8-7-11-5-3-4-6-11/h10-12H,3-9H2,1-2H3,(H,17,20)(H,19,22)/t12-/m0/s1. The molecule has 0 aliphatic heterocycles. The Labute approximate surface area is 135 Å². The minimum atomic E-state index is -0.774. The predicted molar refractivity (Wildman–Crippen MR) is 84.0 cm³/mol. The Kier molecular flexibility index (Phi) is 6.12. The van der Waals surface area contributed by atoms with Gasteiger partial charge in [-0.2, -0.15) is 0 Å². The van der Waals surface area contributed by atoms with Crippen molar-refractivity contribution in [3.05, 3.63) is 16.4 Å². The van der Waals surface area contributed by atoms with Crippen LogP contribution in [0.3, 0.4) is 0 Å². The zero-order valence-electron chi connectivity index (χ0n) is 13.8. The lowest BCUT2D eigenvalue weighted by atomic mass is 9.98. The number of ketones is 1. The van der Waals surface area contributed by atoms with Crippen LogP contribution in [0.4, 0.5) is 0 Å². The molecule has 0 aromatic carbocycles. The third-order valence-electron chi connectivity index (χ3n) is 4.26. The first-order valence-corrected chi connectivity index (χ1v) is 8.34. The van der Waals surface area contributed by atoms with Crippen LogP contribution in [0.1, 0.15) is 69.5 Å². The number of nitrogens with one attached hydrogen (secondary N) is 2. The van der Waals surface area contributed by atoms with E-state index in [1.54, 1.807) is 0 Å².